The molecule has 0 saturated heterocycles. The van der Waals surface area contributed by atoms with Crippen molar-refractivity contribution >= 4 is 10.0 Å². The molecule has 0 aliphatic rings. The average molecular weight is 268 g/mol. The van der Waals surface area contributed by atoms with Crippen LogP contribution in [0.4, 0.5) is 0 Å². The van der Waals surface area contributed by atoms with Gasteiger partial charge in [0.05, 0.1) is 4.90 Å². The predicted molar refractivity (Wildman–Crippen MR) is 73.5 cm³/mol. The molecule has 18 heavy (non-hydrogen) atoms. The number of hydrogen-bond donors (Lipinski definition) is 2. The number of sulfonamides is 1. The van der Waals surface area contributed by atoms with Gasteiger partial charge in [-0.25, -0.2) is 13.6 Å². The Morgan fingerprint density at radius 2 is 2.00 bits per heavy atom. The van der Waals surface area contributed by atoms with Gasteiger partial charge in [0, 0.05) is 12.6 Å². The normalized spacial score (nSPS) is 13.2. The SMILES string of the molecule is C=CCCC(C)NCc1ccc(S(N)(=O)=O)cc1. The lowest BCUT2D eigenvalue weighted by Crippen LogP contribution is -2.25. The van der Waals surface area contributed by atoms with Crippen molar-refractivity contribution in [1.82, 2.24) is 5.32 Å². The second-order valence-corrected chi connectivity index (χ2v) is 5.90. The van der Waals surface area contributed by atoms with Crippen LogP contribution in [0.1, 0.15) is 25.3 Å². The fourth-order valence-corrected chi connectivity index (χ4v) is 2.07. The highest BCUT2D eigenvalue weighted by Gasteiger charge is 2.07. The number of allylic oxidation sites excluding steroid dienone is 1. The van der Waals surface area contributed by atoms with E-state index in [4.69, 9.17) is 5.14 Å². The largest absolute Gasteiger partial charge is 0.310 e. The molecule has 0 spiro atoms. The van der Waals surface area contributed by atoms with Crippen LogP contribution in [0.3, 0.4) is 0 Å². The van der Waals surface area contributed by atoms with Crippen LogP contribution in [0.25, 0.3) is 0 Å². The molecule has 0 amide bonds. The Morgan fingerprint density at radius 1 is 1.39 bits per heavy atom. The minimum absolute atomic E-state index is 0.144. The summed E-state index contributed by atoms with van der Waals surface area (Å²) in [4.78, 5) is 0.144. The Labute approximate surface area is 109 Å². The van der Waals surface area contributed by atoms with Gasteiger partial charge in [-0.05, 0) is 37.5 Å². The summed E-state index contributed by atoms with van der Waals surface area (Å²) in [6.07, 6.45) is 3.93. The molecule has 3 N–H and O–H groups in total. The van der Waals surface area contributed by atoms with Crippen molar-refractivity contribution in [1.29, 1.82) is 0 Å². The smallest absolute Gasteiger partial charge is 0.238 e. The van der Waals surface area contributed by atoms with Gasteiger partial charge in [0.25, 0.3) is 0 Å². The van der Waals surface area contributed by atoms with Crippen molar-refractivity contribution in [3.05, 3.63) is 42.5 Å². The quantitative estimate of drug-likeness (QED) is 0.740. The van der Waals surface area contributed by atoms with Crippen molar-refractivity contribution in [3.8, 4) is 0 Å². The van der Waals surface area contributed by atoms with Crippen molar-refractivity contribution in [2.45, 2.75) is 37.2 Å². The lowest BCUT2D eigenvalue weighted by atomic mass is 10.1. The van der Waals surface area contributed by atoms with Crippen LogP contribution in [-0.4, -0.2) is 14.5 Å². The number of hydrogen-bond acceptors (Lipinski definition) is 3. The van der Waals surface area contributed by atoms with Gasteiger partial charge in [-0.1, -0.05) is 18.2 Å². The minimum atomic E-state index is -3.59. The van der Waals surface area contributed by atoms with E-state index in [2.05, 4.69) is 18.8 Å². The van der Waals surface area contributed by atoms with Crippen LogP contribution in [0.2, 0.25) is 0 Å². The maximum Gasteiger partial charge on any atom is 0.238 e. The van der Waals surface area contributed by atoms with E-state index < -0.39 is 10.0 Å². The van der Waals surface area contributed by atoms with E-state index in [1.165, 1.54) is 12.1 Å². The van der Waals surface area contributed by atoms with Gasteiger partial charge in [0.15, 0.2) is 0 Å². The minimum Gasteiger partial charge on any atom is -0.310 e. The van der Waals surface area contributed by atoms with E-state index >= 15 is 0 Å². The van der Waals surface area contributed by atoms with E-state index in [-0.39, 0.29) is 4.90 Å². The van der Waals surface area contributed by atoms with E-state index in [0.29, 0.717) is 12.6 Å². The Morgan fingerprint density at radius 3 is 2.50 bits per heavy atom. The maximum absolute atomic E-state index is 11.1. The average Bonchev–Trinajstić information content (AvgIpc) is 2.33. The van der Waals surface area contributed by atoms with Crippen LogP contribution in [0.15, 0.2) is 41.8 Å². The molecular formula is C13H20N2O2S. The summed E-state index contributed by atoms with van der Waals surface area (Å²) in [7, 11) is -3.59. The van der Waals surface area contributed by atoms with Gasteiger partial charge in [0.1, 0.15) is 0 Å². The Balaban J connectivity index is 2.52. The van der Waals surface area contributed by atoms with Crippen molar-refractivity contribution in [2.75, 3.05) is 0 Å². The third-order valence-electron chi connectivity index (χ3n) is 2.71. The third kappa shape index (κ3) is 5.00. The first-order valence-corrected chi connectivity index (χ1v) is 7.44. The Kier molecular flexibility index (Phi) is 5.53. The summed E-state index contributed by atoms with van der Waals surface area (Å²) in [5.41, 5.74) is 1.04. The van der Waals surface area contributed by atoms with Crippen LogP contribution in [-0.2, 0) is 16.6 Å². The molecule has 4 nitrogen and oxygen atoms in total. The molecule has 5 heteroatoms. The molecule has 1 atom stereocenters. The van der Waals surface area contributed by atoms with Gasteiger partial charge in [-0.2, -0.15) is 0 Å². The maximum atomic E-state index is 11.1. The van der Waals surface area contributed by atoms with Crippen LogP contribution in [0, 0.1) is 0 Å². The van der Waals surface area contributed by atoms with E-state index in [0.717, 1.165) is 18.4 Å². The zero-order chi connectivity index (χ0) is 13.6. The summed E-state index contributed by atoms with van der Waals surface area (Å²) >= 11 is 0. The zero-order valence-corrected chi connectivity index (χ0v) is 11.4. The highest BCUT2D eigenvalue weighted by Crippen LogP contribution is 2.09. The Bertz CT molecular complexity index is 480. The van der Waals surface area contributed by atoms with Crippen LogP contribution < -0.4 is 10.5 Å². The van der Waals surface area contributed by atoms with Crippen molar-refractivity contribution in [2.24, 2.45) is 5.14 Å². The van der Waals surface area contributed by atoms with Gasteiger partial charge < -0.3 is 5.32 Å². The van der Waals surface area contributed by atoms with E-state index in [1.54, 1.807) is 12.1 Å². The summed E-state index contributed by atoms with van der Waals surface area (Å²) in [5.74, 6) is 0. The molecule has 1 rings (SSSR count). The number of nitrogens with one attached hydrogen (secondary N) is 1. The molecule has 0 aromatic heterocycles. The molecule has 0 fully saturated rings. The molecule has 0 bridgehead atoms. The number of primary sulfonamides is 1. The lowest BCUT2D eigenvalue weighted by Gasteiger charge is -2.12. The van der Waals surface area contributed by atoms with Gasteiger partial charge in [-0.15, -0.1) is 6.58 Å². The molecule has 0 saturated carbocycles. The summed E-state index contributed by atoms with van der Waals surface area (Å²) in [5, 5.41) is 8.39. The molecule has 0 aliphatic carbocycles. The van der Waals surface area contributed by atoms with Gasteiger partial charge in [0.2, 0.25) is 10.0 Å². The third-order valence-corrected chi connectivity index (χ3v) is 3.64. The molecule has 0 aliphatic heterocycles. The van der Waals surface area contributed by atoms with Crippen molar-refractivity contribution in [3.63, 3.8) is 0 Å². The summed E-state index contributed by atoms with van der Waals surface area (Å²) < 4.78 is 22.2. The van der Waals surface area contributed by atoms with Crippen molar-refractivity contribution < 1.29 is 8.42 Å². The fraction of sp³-hybridized carbons (Fsp3) is 0.385. The fourth-order valence-electron chi connectivity index (χ4n) is 1.56. The van der Waals surface area contributed by atoms with Crippen LogP contribution in [0.5, 0.6) is 0 Å². The molecule has 0 heterocycles. The zero-order valence-electron chi connectivity index (χ0n) is 10.6. The number of rotatable bonds is 7. The van der Waals surface area contributed by atoms with Gasteiger partial charge >= 0.3 is 0 Å². The molecule has 0 radical (unpaired) electrons. The second kappa shape index (κ2) is 6.68. The first kappa shape index (κ1) is 14.9. The predicted octanol–water partition coefficient (Wildman–Crippen LogP) is 1.78. The molecule has 1 aromatic carbocycles. The monoisotopic (exact) mass is 268 g/mol. The second-order valence-electron chi connectivity index (χ2n) is 4.34. The number of nitrogens with two attached hydrogens (primary N) is 1. The highest BCUT2D eigenvalue weighted by molar-refractivity contribution is 7.89. The lowest BCUT2D eigenvalue weighted by molar-refractivity contribution is 0.518. The topological polar surface area (TPSA) is 72.2 Å². The molecule has 100 valence electrons. The van der Waals surface area contributed by atoms with Crippen LogP contribution >= 0.6 is 0 Å². The summed E-state index contributed by atoms with van der Waals surface area (Å²) in [6, 6.07) is 7.00. The molecule has 1 aromatic rings. The van der Waals surface area contributed by atoms with E-state index in [1.807, 2.05) is 6.08 Å². The highest BCUT2D eigenvalue weighted by atomic mass is 32.2. The first-order valence-electron chi connectivity index (χ1n) is 5.89. The molecule has 1 unspecified atom stereocenters. The molecular weight excluding hydrogens is 248 g/mol. The first-order chi connectivity index (χ1) is 8.43. The van der Waals surface area contributed by atoms with Gasteiger partial charge in [-0.3, -0.25) is 0 Å². The number of benzene rings is 1. The van der Waals surface area contributed by atoms with E-state index in [9.17, 15) is 8.42 Å². The summed E-state index contributed by atoms with van der Waals surface area (Å²) in [6.45, 7) is 6.51. The standard InChI is InChI=1S/C13H20N2O2S/c1-3-4-5-11(2)15-10-12-6-8-13(9-7-12)18(14,16)17/h3,6-9,11,15H,1,4-5,10H2,2H3,(H2,14,16,17). The Hall–Kier alpha value is -1.17.